The number of rotatable bonds is 6. The molecule has 4 rings (SSSR count). The van der Waals surface area contributed by atoms with Crippen LogP contribution in [0.1, 0.15) is 24.0 Å². The van der Waals surface area contributed by atoms with Gasteiger partial charge >= 0.3 is 0 Å². The average Bonchev–Trinajstić information content (AvgIpc) is 2.81. The summed E-state index contributed by atoms with van der Waals surface area (Å²) in [5, 5.41) is 0.813. The third kappa shape index (κ3) is 6.19. The Labute approximate surface area is 191 Å². The summed E-state index contributed by atoms with van der Waals surface area (Å²) in [6.07, 6.45) is 6.47. The number of benzene rings is 2. The van der Waals surface area contributed by atoms with Crippen LogP contribution in [0.3, 0.4) is 0 Å². The Bertz CT molecular complexity index is 877. The summed E-state index contributed by atoms with van der Waals surface area (Å²) in [7, 11) is 0. The lowest BCUT2D eigenvalue weighted by molar-refractivity contribution is -0.139. The lowest BCUT2D eigenvalue weighted by atomic mass is 9.95. The molecule has 2 aromatic rings. The van der Waals surface area contributed by atoms with Crippen LogP contribution in [-0.4, -0.2) is 66.4 Å². The first kappa shape index (κ1) is 22.1. The average molecular weight is 438 g/mol. The van der Waals surface area contributed by atoms with Gasteiger partial charge in [-0.3, -0.25) is 14.6 Å². The van der Waals surface area contributed by atoms with Gasteiger partial charge < -0.3 is 4.90 Å². The van der Waals surface area contributed by atoms with E-state index in [-0.39, 0.29) is 5.92 Å². The van der Waals surface area contributed by atoms with Gasteiger partial charge in [-0.15, -0.1) is 0 Å². The van der Waals surface area contributed by atoms with E-state index in [1.807, 2.05) is 24.3 Å². The number of likely N-dealkylation sites (tertiary alicyclic amines) is 1. The maximum atomic E-state index is 13.2. The third-order valence-electron chi connectivity index (χ3n) is 6.36. The number of halogens is 1. The van der Waals surface area contributed by atoms with Crippen LogP contribution >= 0.6 is 11.6 Å². The zero-order valence-electron chi connectivity index (χ0n) is 18.1. The van der Waals surface area contributed by atoms with Gasteiger partial charge in [-0.1, -0.05) is 72.3 Å². The van der Waals surface area contributed by atoms with Crippen LogP contribution in [0.25, 0.3) is 6.08 Å². The molecule has 31 heavy (non-hydrogen) atoms. The fraction of sp³-hybridized carbons (Fsp3) is 0.423. The molecule has 0 bridgehead atoms. The maximum Gasteiger partial charge on any atom is 0.227 e. The molecule has 0 aromatic heterocycles. The molecule has 5 heteroatoms. The molecule has 2 aliphatic heterocycles. The largest absolute Gasteiger partial charge is 0.340 e. The van der Waals surface area contributed by atoms with E-state index in [0.29, 0.717) is 5.91 Å². The molecule has 0 aliphatic carbocycles. The molecule has 0 saturated carbocycles. The van der Waals surface area contributed by atoms with Gasteiger partial charge in [0.25, 0.3) is 0 Å². The Kier molecular flexibility index (Phi) is 7.79. The van der Waals surface area contributed by atoms with E-state index < -0.39 is 0 Å². The first-order valence-corrected chi connectivity index (χ1v) is 11.8. The van der Waals surface area contributed by atoms with Crippen molar-refractivity contribution in [1.82, 2.24) is 14.7 Å². The number of carbonyl (C=O) groups excluding carboxylic acids is 1. The van der Waals surface area contributed by atoms with E-state index >= 15 is 0 Å². The van der Waals surface area contributed by atoms with Crippen molar-refractivity contribution in [2.24, 2.45) is 5.92 Å². The van der Waals surface area contributed by atoms with Gasteiger partial charge in [0.1, 0.15) is 0 Å². The number of piperidine rings is 1. The molecule has 1 unspecified atom stereocenters. The zero-order valence-corrected chi connectivity index (χ0v) is 18.9. The molecule has 2 aromatic carbocycles. The Hall–Kier alpha value is -2.14. The minimum Gasteiger partial charge on any atom is -0.340 e. The summed E-state index contributed by atoms with van der Waals surface area (Å²) in [5.41, 5.74) is 2.38. The molecular formula is C26H32ClN3O. The normalized spacial score (nSPS) is 20.9. The summed E-state index contributed by atoms with van der Waals surface area (Å²) in [6, 6.07) is 18.4. The molecular weight excluding hydrogens is 406 g/mol. The Morgan fingerprint density at radius 3 is 2.45 bits per heavy atom. The highest BCUT2D eigenvalue weighted by Gasteiger charge is 2.31. The van der Waals surface area contributed by atoms with Gasteiger partial charge in [0.15, 0.2) is 0 Å². The highest BCUT2D eigenvalue weighted by atomic mass is 35.5. The molecule has 0 spiro atoms. The molecule has 164 valence electrons. The van der Waals surface area contributed by atoms with Crippen LogP contribution in [0, 0.1) is 5.92 Å². The lowest BCUT2D eigenvalue weighted by Crippen LogP contribution is -2.52. The van der Waals surface area contributed by atoms with Crippen molar-refractivity contribution in [3.05, 3.63) is 76.8 Å². The monoisotopic (exact) mass is 437 g/mol. The first-order valence-electron chi connectivity index (χ1n) is 11.4. The minimum absolute atomic E-state index is 0.112. The highest BCUT2D eigenvalue weighted by molar-refractivity contribution is 6.31. The number of carbonyl (C=O) groups is 1. The predicted molar refractivity (Wildman–Crippen MR) is 128 cm³/mol. The van der Waals surface area contributed by atoms with Crippen LogP contribution in [-0.2, 0) is 11.3 Å². The smallest absolute Gasteiger partial charge is 0.227 e. The standard InChI is InChI=1S/C26H32ClN3O/c27-25-13-5-4-11-23(25)20-29-15-7-12-24(21-29)26(31)30-18-16-28(17-19-30)14-6-10-22-8-2-1-3-9-22/h1-6,8-11,13,24H,7,12,14-21H2/b10-6+. The van der Waals surface area contributed by atoms with Crippen molar-refractivity contribution < 1.29 is 4.79 Å². The number of hydrogen-bond acceptors (Lipinski definition) is 3. The molecule has 1 atom stereocenters. The van der Waals surface area contributed by atoms with Crippen LogP contribution in [0.4, 0.5) is 0 Å². The summed E-state index contributed by atoms with van der Waals surface area (Å²) in [6.45, 7) is 7.19. The quantitative estimate of drug-likeness (QED) is 0.669. The topological polar surface area (TPSA) is 26.8 Å². The zero-order chi connectivity index (χ0) is 21.5. The second-order valence-corrected chi connectivity index (χ2v) is 9.01. The molecule has 1 amide bonds. The molecule has 0 radical (unpaired) electrons. The van der Waals surface area contributed by atoms with Gasteiger partial charge in [0, 0.05) is 50.8 Å². The van der Waals surface area contributed by atoms with E-state index in [4.69, 9.17) is 11.6 Å². The fourth-order valence-corrected chi connectivity index (χ4v) is 4.77. The summed E-state index contributed by atoms with van der Waals surface area (Å²) in [5.74, 6) is 0.448. The molecule has 2 heterocycles. The lowest BCUT2D eigenvalue weighted by Gasteiger charge is -2.39. The van der Waals surface area contributed by atoms with Gasteiger partial charge in [0.05, 0.1) is 5.92 Å². The van der Waals surface area contributed by atoms with Gasteiger partial charge in [0.2, 0.25) is 5.91 Å². The molecule has 2 fully saturated rings. The van der Waals surface area contributed by atoms with E-state index in [1.165, 1.54) is 5.56 Å². The Morgan fingerprint density at radius 1 is 0.935 bits per heavy atom. The Balaban J connectivity index is 1.23. The van der Waals surface area contributed by atoms with Crippen molar-refractivity contribution in [3.8, 4) is 0 Å². The summed E-state index contributed by atoms with van der Waals surface area (Å²) in [4.78, 5) is 20.1. The highest BCUT2D eigenvalue weighted by Crippen LogP contribution is 2.24. The van der Waals surface area contributed by atoms with E-state index in [0.717, 1.165) is 75.8 Å². The van der Waals surface area contributed by atoms with Crippen LogP contribution in [0.5, 0.6) is 0 Å². The third-order valence-corrected chi connectivity index (χ3v) is 6.73. The van der Waals surface area contributed by atoms with Gasteiger partial charge in [-0.25, -0.2) is 0 Å². The number of hydrogen-bond donors (Lipinski definition) is 0. The number of amides is 1. The summed E-state index contributed by atoms with van der Waals surface area (Å²) >= 11 is 6.34. The second-order valence-electron chi connectivity index (χ2n) is 8.60. The van der Waals surface area contributed by atoms with E-state index in [1.54, 1.807) is 0 Å². The van der Waals surface area contributed by atoms with Gasteiger partial charge in [-0.05, 0) is 36.6 Å². The van der Waals surface area contributed by atoms with Crippen LogP contribution in [0.15, 0.2) is 60.7 Å². The van der Waals surface area contributed by atoms with Crippen molar-refractivity contribution >= 4 is 23.6 Å². The predicted octanol–water partition coefficient (Wildman–Crippen LogP) is 4.41. The minimum atomic E-state index is 0.112. The number of nitrogens with zero attached hydrogens (tertiary/aromatic N) is 3. The van der Waals surface area contributed by atoms with E-state index in [9.17, 15) is 4.79 Å². The first-order chi connectivity index (χ1) is 15.2. The van der Waals surface area contributed by atoms with Crippen LogP contribution < -0.4 is 0 Å². The van der Waals surface area contributed by atoms with Gasteiger partial charge in [-0.2, -0.15) is 0 Å². The van der Waals surface area contributed by atoms with Crippen LogP contribution in [0.2, 0.25) is 5.02 Å². The SMILES string of the molecule is O=C(C1CCCN(Cc2ccccc2Cl)C1)N1CCN(C/C=C/c2ccccc2)CC1. The Morgan fingerprint density at radius 2 is 1.68 bits per heavy atom. The van der Waals surface area contributed by atoms with Crippen molar-refractivity contribution in [1.29, 1.82) is 0 Å². The van der Waals surface area contributed by atoms with Crippen molar-refractivity contribution in [3.63, 3.8) is 0 Å². The number of piperazine rings is 1. The molecule has 2 aliphatic rings. The molecule has 0 N–H and O–H groups in total. The maximum absolute atomic E-state index is 13.2. The van der Waals surface area contributed by atoms with Crippen molar-refractivity contribution in [2.45, 2.75) is 19.4 Å². The summed E-state index contributed by atoms with van der Waals surface area (Å²) < 4.78 is 0. The van der Waals surface area contributed by atoms with Crippen molar-refractivity contribution in [2.75, 3.05) is 45.8 Å². The molecule has 4 nitrogen and oxygen atoms in total. The van der Waals surface area contributed by atoms with E-state index in [2.05, 4.69) is 57.2 Å². The second kappa shape index (κ2) is 10.9. The molecule has 2 saturated heterocycles. The fourth-order valence-electron chi connectivity index (χ4n) is 4.58.